The molecule has 0 bridgehead atoms. The van der Waals surface area contributed by atoms with E-state index in [1.807, 2.05) is 12.1 Å². The largest absolute Gasteiger partial charge is 0.496 e. The molecule has 1 unspecified atom stereocenters. The van der Waals surface area contributed by atoms with Crippen LogP contribution in [0.15, 0.2) is 22.7 Å². The van der Waals surface area contributed by atoms with Crippen molar-refractivity contribution in [3.8, 4) is 5.75 Å². The third-order valence-corrected chi connectivity index (χ3v) is 3.73. The van der Waals surface area contributed by atoms with Crippen molar-refractivity contribution < 1.29 is 4.74 Å². The summed E-state index contributed by atoms with van der Waals surface area (Å²) in [6.07, 6.45) is 2.29. The van der Waals surface area contributed by atoms with Crippen LogP contribution in [0.5, 0.6) is 5.75 Å². The number of hydrogen-bond acceptors (Lipinski definition) is 2. The van der Waals surface area contributed by atoms with Crippen LogP contribution in [-0.4, -0.2) is 18.5 Å². The first-order valence-corrected chi connectivity index (χ1v) is 7.74. The molecule has 0 radical (unpaired) electrons. The quantitative estimate of drug-likeness (QED) is 0.735. The van der Waals surface area contributed by atoms with Crippen molar-refractivity contribution >= 4 is 31.9 Å². The molecule has 0 spiro atoms. The van der Waals surface area contributed by atoms with E-state index < -0.39 is 0 Å². The maximum Gasteiger partial charge on any atom is 0.123 e. The van der Waals surface area contributed by atoms with Gasteiger partial charge >= 0.3 is 0 Å². The molecule has 1 atom stereocenters. The first kappa shape index (κ1) is 15.0. The minimum Gasteiger partial charge on any atom is -0.496 e. The van der Waals surface area contributed by atoms with E-state index in [4.69, 9.17) is 4.74 Å². The molecule has 2 nitrogen and oxygen atoms in total. The van der Waals surface area contributed by atoms with Crippen LogP contribution in [0.25, 0.3) is 0 Å². The van der Waals surface area contributed by atoms with Crippen molar-refractivity contribution in [2.45, 2.75) is 32.4 Å². The molecule has 0 saturated carbocycles. The Kier molecular flexibility index (Phi) is 7.16. The number of benzene rings is 1. The number of methoxy groups -OCH3 is 1. The number of halogens is 2. The molecule has 0 aliphatic carbocycles. The molecule has 0 aliphatic heterocycles. The molecular formula is C13H19Br2NO. The normalized spacial score (nSPS) is 12.5. The maximum absolute atomic E-state index is 5.36. The Morgan fingerprint density at radius 3 is 2.76 bits per heavy atom. The van der Waals surface area contributed by atoms with E-state index in [-0.39, 0.29) is 0 Å². The molecule has 96 valence electrons. The van der Waals surface area contributed by atoms with Crippen molar-refractivity contribution in [1.82, 2.24) is 5.32 Å². The van der Waals surface area contributed by atoms with Gasteiger partial charge in [-0.05, 0) is 31.0 Å². The van der Waals surface area contributed by atoms with E-state index >= 15 is 0 Å². The molecule has 17 heavy (non-hydrogen) atoms. The Bertz CT molecular complexity index is 344. The third kappa shape index (κ3) is 4.98. The molecule has 0 amide bonds. The minimum absolute atomic E-state index is 0.554. The molecule has 1 aromatic carbocycles. The van der Waals surface area contributed by atoms with Crippen molar-refractivity contribution in [2.24, 2.45) is 0 Å². The Labute approximate surface area is 120 Å². The topological polar surface area (TPSA) is 21.3 Å². The molecular weight excluding hydrogens is 346 g/mol. The molecule has 4 heteroatoms. The predicted octanol–water partition coefficient (Wildman–Crippen LogP) is 4.11. The summed E-state index contributed by atoms with van der Waals surface area (Å²) in [5.74, 6) is 0.939. The highest BCUT2D eigenvalue weighted by molar-refractivity contribution is 9.10. The smallest absolute Gasteiger partial charge is 0.123 e. The fourth-order valence-corrected chi connectivity index (χ4v) is 2.68. The summed E-state index contributed by atoms with van der Waals surface area (Å²) in [5.41, 5.74) is 1.19. The average Bonchev–Trinajstić information content (AvgIpc) is 2.34. The molecule has 0 heterocycles. The highest BCUT2D eigenvalue weighted by Crippen LogP contribution is 2.23. The predicted molar refractivity (Wildman–Crippen MR) is 80.0 cm³/mol. The first-order valence-electron chi connectivity index (χ1n) is 5.83. The van der Waals surface area contributed by atoms with Gasteiger partial charge in [0.1, 0.15) is 5.75 Å². The average molecular weight is 365 g/mol. The van der Waals surface area contributed by atoms with Gasteiger partial charge in [0.25, 0.3) is 0 Å². The SMILES string of the molecule is CCC(CCBr)NCc1cc(Br)ccc1OC. The van der Waals surface area contributed by atoms with E-state index in [2.05, 4.69) is 50.2 Å². The van der Waals surface area contributed by atoms with Gasteiger partial charge in [0, 0.05) is 28.0 Å². The lowest BCUT2D eigenvalue weighted by atomic mass is 10.1. The van der Waals surface area contributed by atoms with Crippen LogP contribution < -0.4 is 10.1 Å². The molecule has 1 aromatic rings. The van der Waals surface area contributed by atoms with Crippen molar-refractivity contribution in [3.63, 3.8) is 0 Å². The first-order chi connectivity index (χ1) is 8.21. The minimum atomic E-state index is 0.554. The van der Waals surface area contributed by atoms with Crippen LogP contribution in [0, 0.1) is 0 Å². The van der Waals surface area contributed by atoms with E-state index in [1.165, 1.54) is 5.56 Å². The van der Waals surface area contributed by atoms with Gasteiger partial charge in [-0.1, -0.05) is 38.8 Å². The molecule has 0 fully saturated rings. The number of rotatable bonds is 7. The van der Waals surface area contributed by atoms with Crippen LogP contribution in [0.3, 0.4) is 0 Å². The summed E-state index contributed by atoms with van der Waals surface area (Å²) in [6, 6.07) is 6.65. The van der Waals surface area contributed by atoms with Gasteiger partial charge in [0.05, 0.1) is 7.11 Å². The third-order valence-electron chi connectivity index (χ3n) is 2.77. The fourth-order valence-electron chi connectivity index (χ4n) is 1.72. The molecule has 0 aliphatic rings. The number of hydrogen-bond donors (Lipinski definition) is 1. The van der Waals surface area contributed by atoms with Gasteiger partial charge in [-0.25, -0.2) is 0 Å². The van der Waals surface area contributed by atoms with E-state index in [9.17, 15) is 0 Å². The lowest BCUT2D eigenvalue weighted by molar-refractivity contribution is 0.403. The highest BCUT2D eigenvalue weighted by atomic mass is 79.9. The van der Waals surface area contributed by atoms with Crippen LogP contribution in [0.2, 0.25) is 0 Å². The lowest BCUT2D eigenvalue weighted by Gasteiger charge is -2.17. The number of nitrogens with one attached hydrogen (secondary N) is 1. The summed E-state index contributed by atoms with van der Waals surface area (Å²) in [6.45, 7) is 3.05. The Morgan fingerprint density at radius 2 is 2.18 bits per heavy atom. The van der Waals surface area contributed by atoms with E-state index in [0.717, 1.165) is 34.9 Å². The number of alkyl halides is 1. The van der Waals surface area contributed by atoms with E-state index in [1.54, 1.807) is 7.11 Å². The molecule has 0 aromatic heterocycles. The Balaban J connectivity index is 2.63. The number of ether oxygens (including phenoxy) is 1. The summed E-state index contributed by atoms with van der Waals surface area (Å²) in [7, 11) is 1.71. The Hall–Kier alpha value is -0.0600. The summed E-state index contributed by atoms with van der Waals surface area (Å²) >= 11 is 6.97. The van der Waals surface area contributed by atoms with Crippen LogP contribution in [0.1, 0.15) is 25.3 Å². The van der Waals surface area contributed by atoms with Gasteiger partial charge in [-0.2, -0.15) is 0 Å². The van der Waals surface area contributed by atoms with Gasteiger partial charge < -0.3 is 10.1 Å². The molecule has 1 N–H and O–H groups in total. The second-order valence-corrected chi connectivity index (χ2v) is 5.63. The Morgan fingerprint density at radius 1 is 1.41 bits per heavy atom. The summed E-state index contributed by atoms with van der Waals surface area (Å²) < 4.78 is 6.44. The molecule has 1 rings (SSSR count). The highest BCUT2D eigenvalue weighted by Gasteiger charge is 2.08. The van der Waals surface area contributed by atoms with Crippen molar-refractivity contribution in [2.75, 3.05) is 12.4 Å². The second kappa shape index (κ2) is 8.11. The monoisotopic (exact) mass is 363 g/mol. The summed E-state index contributed by atoms with van der Waals surface area (Å²) in [4.78, 5) is 0. The lowest BCUT2D eigenvalue weighted by Crippen LogP contribution is -2.28. The fraction of sp³-hybridized carbons (Fsp3) is 0.538. The van der Waals surface area contributed by atoms with Crippen LogP contribution in [-0.2, 0) is 6.54 Å². The van der Waals surface area contributed by atoms with Gasteiger partial charge in [-0.3, -0.25) is 0 Å². The maximum atomic E-state index is 5.36. The standard InChI is InChI=1S/C13H19Br2NO/c1-3-12(6-7-14)16-9-10-8-11(15)4-5-13(10)17-2/h4-5,8,12,16H,3,6-7,9H2,1-2H3. The molecule has 0 saturated heterocycles. The van der Waals surface area contributed by atoms with Gasteiger partial charge in [-0.15, -0.1) is 0 Å². The van der Waals surface area contributed by atoms with Crippen LogP contribution in [0.4, 0.5) is 0 Å². The second-order valence-electron chi connectivity index (χ2n) is 3.92. The van der Waals surface area contributed by atoms with Crippen molar-refractivity contribution in [3.05, 3.63) is 28.2 Å². The van der Waals surface area contributed by atoms with Crippen molar-refractivity contribution in [1.29, 1.82) is 0 Å². The zero-order valence-corrected chi connectivity index (χ0v) is 13.5. The van der Waals surface area contributed by atoms with E-state index in [0.29, 0.717) is 6.04 Å². The van der Waals surface area contributed by atoms with Gasteiger partial charge in [0.2, 0.25) is 0 Å². The zero-order chi connectivity index (χ0) is 12.7. The zero-order valence-electron chi connectivity index (χ0n) is 10.3. The summed E-state index contributed by atoms with van der Waals surface area (Å²) in [5, 5.41) is 4.59. The van der Waals surface area contributed by atoms with Crippen LogP contribution >= 0.6 is 31.9 Å². The van der Waals surface area contributed by atoms with Gasteiger partial charge in [0.15, 0.2) is 0 Å².